The number of piperazine rings is 1. The van der Waals surface area contributed by atoms with Gasteiger partial charge in [0, 0.05) is 39.3 Å². The van der Waals surface area contributed by atoms with Gasteiger partial charge in [0.15, 0.2) is 5.82 Å². The third-order valence-electron chi connectivity index (χ3n) is 3.97. The van der Waals surface area contributed by atoms with Crippen LogP contribution in [0.25, 0.3) is 0 Å². The number of hydrogen-bond donors (Lipinski definition) is 1. The standard InChI is InChI=1S/C15H27N7O/c1-3-5-7-22-14(17-18-19-22)12-20-8-10-21(11-9-20)13-15(23)16-6-4-2/h4H,2-3,5-13H2,1H3,(H,16,23). The van der Waals surface area contributed by atoms with Crippen LogP contribution >= 0.6 is 0 Å². The lowest BCUT2D eigenvalue weighted by Gasteiger charge is -2.33. The molecule has 1 fully saturated rings. The monoisotopic (exact) mass is 321 g/mol. The summed E-state index contributed by atoms with van der Waals surface area (Å²) in [4.78, 5) is 16.2. The summed E-state index contributed by atoms with van der Waals surface area (Å²) in [7, 11) is 0. The lowest BCUT2D eigenvalue weighted by atomic mass is 10.3. The number of carbonyl (C=O) groups is 1. The van der Waals surface area contributed by atoms with E-state index in [4.69, 9.17) is 0 Å². The number of tetrazole rings is 1. The molecule has 0 atom stereocenters. The van der Waals surface area contributed by atoms with E-state index in [-0.39, 0.29) is 5.91 Å². The van der Waals surface area contributed by atoms with Crippen LogP contribution in [0.2, 0.25) is 0 Å². The summed E-state index contributed by atoms with van der Waals surface area (Å²) in [6.45, 7) is 12.0. The fourth-order valence-electron chi connectivity index (χ4n) is 2.57. The molecule has 1 aliphatic heterocycles. The fourth-order valence-corrected chi connectivity index (χ4v) is 2.57. The quantitative estimate of drug-likeness (QED) is 0.640. The van der Waals surface area contributed by atoms with Crippen molar-refractivity contribution >= 4 is 5.91 Å². The minimum absolute atomic E-state index is 0.0573. The average Bonchev–Trinajstić information content (AvgIpc) is 3.00. The first-order chi connectivity index (χ1) is 11.2. The molecule has 23 heavy (non-hydrogen) atoms. The lowest BCUT2D eigenvalue weighted by Crippen LogP contribution is -2.49. The lowest BCUT2D eigenvalue weighted by molar-refractivity contribution is -0.122. The number of nitrogens with zero attached hydrogens (tertiary/aromatic N) is 6. The second-order valence-corrected chi connectivity index (χ2v) is 5.82. The molecule has 1 aromatic rings. The van der Waals surface area contributed by atoms with Crippen molar-refractivity contribution < 1.29 is 4.79 Å². The number of nitrogens with one attached hydrogen (secondary N) is 1. The normalized spacial score (nSPS) is 16.4. The SMILES string of the molecule is C=CCNC(=O)CN1CCN(Cc2nnnn2CCCC)CC1. The average molecular weight is 321 g/mol. The first-order valence-electron chi connectivity index (χ1n) is 8.30. The highest BCUT2D eigenvalue weighted by Crippen LogP contribution is 2.06. The van der Waals surface area contributed by atoms with Crippen molar-refractivity contribution in [3.8, 4) is 0 Å². The number of carbonyl (C=O) groups excluding carboxylic acids is 1. The summed E-state index contributed by atoms with van der Waals surface area (Å²) in [5.74, 6) is 0.984. The highest BCUT2D eigenvalue weighted by atomic mass is 16.2. The predicted octanol–water partition coefficient (Wildman–Crippen LogP) is -0.107. The van der Waals surface area contributed by atoms with Crippen LogP contribution in [-0.2, 0) is 17.9 Å². The van der Waals surface area contributed by atoms with Gasteiger partial charge in [-0.15, -0.1) is 11.7 Å². The summed E-state index contributed by atoms with van der Waals surface area (Å²) in [5, 5.41) is 14.8. The zero-order valence-corrected chi connectivity index (χ0v) is 13.9. The van der Waals surface area contributed by atoms with Crippen molar-refractivity contribution in [1.82, 2.24) is 35.3 Å². The highest BCUT2D eigenvalue weighted by Gasteiger charge is 2.20. The van der Waals surface area contributed by atoms with Crippen LogP contribution in [0.3, 0.4) is 0 Å². The molecule has 2 rings (SSSR count). The Kier molecular flexibility index (Phi) is 7.15. The maximum absolute atomic E-state index is 11.7. The van der Waals surface area contributed by atoms with Gasteiger partial charge in [0.25, 0.3) is 0 Å². The van der Waals surface area contributed by atoms with Gasteiger partial charge in [-0.25, -0.2) is 4.68 Å². The van der Waals surface area contributed by atoms with E-state index in [0.29, 0.717) is 13.1 Å². The van der Waals surface area contributed by atoms with Crippen LogP contribution in [0.4, 0.5) is 0 Å². The van der Waals surface area contributed by atoms with Gasteiger partial charge >= 0.3 is 0 Å². The van der Waals surface area contributed by atoms with Crippen molar-refractivity contribution in [2.45, 2.75) is 32.9 Å². The topological polar surface area (TPSA) is 79.2 Å². The van der Waals surface area contributed by atoms with Crippen LogP contribution in [0.1, 0.15) is 25.6 Å². The Labute approximate surface area is 137 Å². The zero-order valence-electron chi connectivity index (χ0n) is 13.9. The van der Waals surface area contributed by atoms with Gasteiger partial charge in [-0.2, -0.15) is 0 Å². The van der Waals surface area contributed by atoms with Gasteiger partial charge in [0.2, 0.25) is 5.91 Å². The first-order valence-corrected chi connectivity index (χ1v) is 8.30. The van der Waals surface area contributed by atoms with E-state index in [1.165, 1.54) is 0 Å². The molecule has 128 valence electrons. The molecule has 1 amide bonds. The Morgan fingerprint density at radius 3 is 2.74 bits per heavy atom. The number of aryl methyl sites for hydroxylation is 1. The van der Waals surface area contributed by atoms with Crippen molar-refractivity contribution in [3.05, 3.63) is 18.5 Å². The van der Waals surface area contributed by atoms with Gasteiger partial charge in [-0.05, 0) is 16.8 Å². The van der Waals surface area contributed by atoms with Crippen LogP contribution in [0, 0.1) is 0 Å². The molecular formula is C15H27N7O. The summed E-state index contributed by atoms with van der Waals surface area (Å²) in [6.07, 6.45) is 3.91. The van der Waals surface area contributed by atoms with Crippen molar-refractivity contribution in [1.29, 1.82) is 0 Å². The van der Waals surface area contributed by atoms with Crippen LogP contribution < -0.4 is 5.32 Å². The molecule has 0 aliphatic carbocycles. The molecular weight excluding hydrogens is 294 g/mol. The van der Waals surface area contributed by atoms with Gasteiger partial charge in [-0.3, -0.25) is 14.6 Å². The Bertz CT molecular complexity index is 494. The minimum atomic E-state index is 0.0573. The Morgan fingerprint density at radius 2 is 2.04 bits per heavy atom. The highest BCUT2D eigenvalue weighted by molar-refractivity contribution is 5.78. The molecule has 8 heteroatoms. The van der Waals surface area contributed by atoms with Crippen LogP contribution in [-0.4, -0.2) is 75.2 Å². The van der Waals surface area contributed by atoms with Gasteiger partial charge in [0.1, 0.15) is 0 Å². The van der Waals surface area contributed by atoms with E-state index in [1.54, 1.807) is 6.08 Å². The van der Waals surface area contributed by atoms with Gasteiger partial charge < -0.3 is 5.32 Å². The molecule has 0 aromatic carbocycles. The Morgan fingerprint density at radius 1 is 1.30 bits per heavy atom. The maximum atomic E-state index is 11.7. The second kappa shape index (κ2) is 9.36. The number of hydrogen-bond acceptors (Lipinski definition) is 6. The summed E-state index contributed by atoms with van der Waals surface area (Å²) in [5.41, 5.74) is 0. The largest absolute Gasteiger partial charge is 0.352 e. The number of rotatable bonds is 9. The van der Waals surface area contributed by atoms with Crippen molar-refractivity contribution in [3.63, 3.8) is 0 Å². The summed E-state index contributed by atoms with van der Waals surface area (Å²) < 4.78 is 1.90. The predicted molar refractivity (Wildman–Crippen MR) is 87.6 cm³/mol. The second-order valence-electron chi connectivity index (χ2n) is 5.82. The van der Waals surface area contributed by atoms with E-state index in [9.17, 15) is 4.79 Å². The molecule has 1 saturated heterocycles. The molecule has 0 bridgehead atoms. The maximum Gasteiger partial charge on any atom is 0.234 e. The molecule has 1 aliphatic rings. The van der Waals surface area contributed by atoms with Gasteiger partial charge in [0.05, 0.1) is 13.1 Å². The van der Waals surface area contributed by atoms with Crippen molar-refractivity contribution in [2.75, 3.05) is 39.3 Å². The van der Waals surface area contributed by atoms with E-state index in [2.05, 4.69) is 44.1 Å². The van der Waals surface area contributed by atoms with Gasteiger partial charge in [-0.1, -0.05) is 19.4 Å². The molecule has 0 radical (unpaired) electrons. The summed E-state index contributed by atoms with van der Waals surface area (Å²) >= 11 is 0. The first kappa shape index (κ1) is 17.6. The number of aromatic nitrogens is 4. The molecule has 0 saturated carbocycles. The van der Waals surface area contributed by atoms with Crippen LogP contribution in [0.5, 0.6) is 0 Å². The third kappa shape index (κ3) is 5.72. The van der Waals surface area contributed by atoms with E-state index < -0.39 is 0 Å². The summed E-state index contributed by atoms with van der Waals surface area (Å²) in [6, 6.07) is 0. The number of unbranched alkanes of at least 4 members (excludes halogenated alkanes) is 1. The third-order valence-corrected chi connectivity index (χ3v) is 3.97. The van der Waals surface area contributed by atoms with E-state index in [0.717, 1.165) is 57.9 Å². The smallest absolute Gasteiger partial charge is 0.234 e. The van der Waals surface area contributed by atoms with Crippen molar-refractivity contribution in [2.24, 2.45) is 0 Å². The molecule has 1 aromatic heterocycles. The fraction of sp³-hybridized carbons (Fsp3) is 0.733. The van der Waals surface area contributed by atoms with E-state index >= 15 is 0 Å². The molecule has 2 heterocycles. The molecule has 1 N–H and O–H groups in total. The van der Waals surface area contributed by atoms with Crippen LogP contribution in [0.15, 0.2) is 12.7 Å². The molecule has 0 spiro atoms. The van der Waals surface area contributed by atoms with E-state index in [1.807, 2.05) is 4.68 Å². The number of amides is 1. The molecule has 8 nitrogen and oxygen atoms in total. The minimum Gasteiger partial charge on any atom is -0.352 e. The Balaban J connectivity index is 1.73. The Hall–Kier alpha value is -1.80. The zero-order chi connectivity index (χ0) is 16.5. The molecule has 0 unspecified atom stereocenters.